The fourth-order valence-corrected chi connectivity index (χ4v) is 6.63. The van der Waals surface area contributed by atoms with Crippen molar-refractivity contribution in [3.8, 4) is 17.2 Å². The molecule has 1 aliphatic carbocycles. The number of fused-ring (bicyclic) bond motifs is 3. The molecule has 3 aromatic carbocycles. The van der Waals surface area contributed by atoms with Crippen molar-refractivity contribution in [2.75, 3.05) is 32.3 Å². The number of aliphatic hydroxyl groups excluding tert-OH is 1. The van der Waals surface area contributed by atoms with Crippen molar-refractivity contribution >= 4 is 21.7 Å². The number of aliphatic hydroxyl groups is 2. The monoisotopic (exact) mass is 555 g/mol. The molecule has 3 aromatic rings. The molecule has 0 radical (unpaired) electrons. The standard InChI is InChI=1S/C28H29NO9S/c1-35-19-12-10-17(11-13-19)28-23(16-8-6-5-7-9-16)22(26(31)37-3)25(30)27(28,32)24-20(36-2)14-18(15-21(24)38-28)29-39(4,33)34/h5-15,22-23,25,29-30,32H,1-4H3/t22-,23-,25-,27+,28+/m1/s1. The lowest BCUT2D eigenvalue weighted by Gasteiger charge is -2.40. The Bertz CT molecular complexity index is 1510. The van der Waals surface area contributed by atoms with Gasteiger partial charge >= 0.3 is 5.97 Å². The predicted molar refractivity (Wildman–Crippen MR) is 141 cm³/mol. The maximum absolute atomic E-state index is 13.3. The molecule has 11 heteroatoms. The summed E-state index contributed by atoms with van der Waals surface area (Å²) in [7, 11) is 0.423. The van der Waals surface area contributed by atoms with E-state index in [0.29, 0.717) is 16.9 Å². The predicted octanol–water partition coefficient (Wildman–Crippen LogP) is 2.50. The van der Waals surface area contributed by atoms with Crippen LogP contribution in [0.15, 0.2) is 66.7 Å². The highest BCUT2D eigenvalue weighted by atomic mass is 32.2. The first kappa shape index (κ1) is 26.8. The summed E-state index contributed by atoms with van der Waals surface area (Å²) in [4.78, 5) is 13.3. The summed E-state index contributed by atoms with van der Waals surface area (Å²) in [6.45, 7) is 0. The van der Waals surface area contributed by atoms with Crippen LogP contribution in [0.1, 0.15) is 22.6 Å². The van der Waals surface area contributed by atoms with Gasteiger partial charge in [-0.2, -0.15) is 0 Å². The number of sulfonamides is 1. The fraction of sp³-hybridized carbons (Fsp3) is 0.321. The van der Waals surface area contributed by atoms with E-state index in [1.807, 2.05) is 6.07 Å². The van der Waals surface area contributed by atoms with E-state index in [4.69, 9.17) is 18.9 Å². The lowest BCUT2D eigenvalue weighted by Crippen LogP contribution is -2.52. The van der Waals surface area contributed by atoms with Gasteiger partial charge in [-0.15, -0.1) is 0 Å². The molecule has 10 nitrogen and oxygen atoms in total. The number of carbonyl (C=O) groups is 1. The molecule has 0 bridgehead atoms. The number of hydrogen-bond acceptors (Lipinski definition) is 9. The van der Waals surface area contributed by atoms with Crippen molar-refractivity contribution in [3.05, 3.63) is 83.4 Å². The van der Waals surface area contributed by atoms with Crippen molar-refractivity contribution in [2.24, 2.45) is 5.92 Å². The van der Waals surface area contributed by atoms with Crippen LogP contribution in [0.2, 0.25) is 0 Å². The zero-order valence-corrected chi connectivity index (χ0v) is 22.6. The molecule has 0 spiro atoms. The second kappa shape index (κ2) is 9.44. The SMILES string of the molecule is COC(=O)[C@H]1[C@@H](O)[C@@]2(O)c3c(OC)cc(NS(C)(=O)=O)cc3O[C@@]2(c2ccc(OC)cc2)[C@@H]1c1ccccc1. The Morgan fingerprint density at radius 1 is 1.00 bits per heavy atom. The van der Waals surface area contributed by atoms with Gasteiger partial charge in [0.2, 0.25) is 10.0 Å². The summed E-state index contributed by atoms with van der Waals surface area (Å²) in [5, 5.41) is 24.6. The van der Waals surface area contributed by atoms with Crippen LogP contribution in [-0.2, 0) is 30.8 Å². The maximum atomic E-state index is 13.3. The van der Waals surface area contributed by atoms with Crippen LogP contribution in [0.5, 0.6) is 17.2 Å². The Morgan fingerprint density at radius 3 is 2.23 bits per heavy atom. The summed E-state index contributed by atoms with van der Waals surface area (Å²) in [5.74, 6) is -2.22. The molecule has 0 amide bonds. The lowest BCUT2D eigenvalue weighted by atomic mass is 9.70. The number of esters is 1. The van der Waals surface area contributed by atoms with E-state index >= 15 is 0 Å². The first-order chi connectivity index (χ1) is 18.5. The van der Waals surface area contributed by atoms with Crippen molar-refractivity contribution in [3.63, 3.8) is 0 Å². The maximum Gasteiger partial charge on any atom is 0.312 e. The minimum Gasteiger partial charge on any atom is -0.497 e. The Morgan fingerprint density at radius 2 is 1.67 bits per heavy atom. The van der Waals surface area contributed by atoms with E-state index in [0.717, 1.165) is 6.26 Å². The summed E-state index contributed by atoms with van der Waals surface area (Å²) in [6.07, 6.45) is -0.703. The normalized spacial score (nSPS) is 27.2. The molecule has 5 rings (SSSR count). The van der Waals surface area contributed by atoms with Crippen LogP contribution >= 0.6 is 0 Å². The number of methoxy groups -OCH3 is 3. The molecule has 1 aliphatic heterocycles. The van der Waals surface area contributed by atoms with Gasteiger partial charge in [-0.05, 0) is 23.3 Å². The average molecular weight is 556 g/mol. The van der Waals surface area contributed by atoms with E-state index < -0.39 is 45.1 Å². The highest BCUT2D eigenvalue weighted by molar-refractivity contribution is 7.92. The van der Waals surface area contributed by atoms with E-state index in [-0.39, 0.29) is 22.7 Å². The van der Waals surface area contributed by atoms with Gasteiger partial charge in [-0.1, -0.05) is 42.5 Å². The average Bonchev–Trinajstić information content (AvgIpc) is 3.29. The molecule has 0 unspecified atom stereocenters. The Hall–Kier alpha value is -3.80. The van der Waals surface area contributed by atoms with Crippen molar-refractivity contribution < 1.29 is 42.4 Å². The van der Waals surface area contributed by atoms with Gasteiger partial charge in [-0.25, -0.2) is 8.42 Å². The van der Waals surface area contributed by atoms with Crippen LogP contribution in [0.3, 0.4) is 0 Å². The van der Waals surface area contributed by atoms with Gasteiger partial charge in [0.1, 0.15) is 23.4 Å². The number of anilines is 1. The molecule has 1 heterocycles. The quantitative estimate of drug-likeness (QED) is 0.375. The van der Waals surface area contributed by atoms with Crippen LogP contribution in [0, 0.1) is 5.92 Å². The Balaban J connectivity index is 1.86. The third-order valence-corrected chi connectivity index (χ3v) is 8.13. The zero-order valence-electron chi connectivity index (χ0n) is 21.7. The lowest BCUT2D eigenvalue weighted by molar-refractivity contribution is -0.161. The number of carbonyl (C=O) groups excluding carboxylic acids is 1. The topological polar surface area (TPSA) is 141 Å². The second-order valence-electron chi connectivity index (χ2n) is 9.64. The molecule has 206 valence electrons. The second-order valence-corrected chi connectivity index (χ2v) is 11.4. The highest BCUT2D eigenvalue weighted by Crippen LogP contribution is 2.70. The van der Waals surface area contributed by atoms with Crippen LogP contribution in [0.25, 0.3) is 0 Å². The van der Waals surface area contributed by atoms with Crippen LogP contribution in [0.4, 0.5) is 5.69 Å². The van der Waals surface area contributed by atoms with Gasteiger partial charge < -0.3 is 29.2 Å². The molecule has 0 saturated heterocycles. The molecule has 0 aromatic heterocycles. The van der Waals surface area contributed by atoms with Crippen molar-refractivity contribution in [2.45, 2.75) is 23.2 Å². The Kier molecular flexibility index (Phi) is 6.48. The van der Waals surface area contributed by atoms with Gasteiger partial charge in [-0.3, -0.25) is 9.52 Å². The third kappa shape index (κ3) is 3.91. The number of benzene rings is 3. The summed E-state index contributed by atoms with van der Waals surface area (Å²) < 4.78 is 49.1. The molecular formula is C28H29NO9S. The van der Waals surface area contributed by atoms with Crippen molar-refractivity contribution in [1.82, 2.24) is 0 Å². The van der Waals surface area contributed by atoms with Gasteiger partial charge in [0.25, 0.3) is 0 Å². The first-order valence-corrected chi connectivity index (χ1v) is 14.0. The molecule has 3 N–H and O–H groups in total. The molecule has 5 atom stereocenters. The minimum absolute atomic E-state index is 0.0629. The molecule has 1 fully saturated rings. The molecule has 1 saturated carbocycles. The Labute approximate surface area is 226 Å². The third-order valence-electron chi connectivity index (χ3n) is 7.52. The zero-order chi connectivity index (χ0) is 28.2. The number of hydrogen-bond donors (Lipinski definition) is 3. The van der Waals surface area contributed by atoms with Crippen LogP contribution in [-0.4, -0.2) is 58.3 Å². The fourth-order valence-electron chi connectivity index (χ4n) is 6.08. The van der Waals surface area contributed by atoms with Crippen LogP contribution < -0.4 is 18.9 Å². The van der Waals surface area contributed by atoms with E-state index in [2.05, 4.69) is 4.72 Å². The summed E-state index contributed by atoms with van der Waals surface area (Å²) in [5.41, 5.74) is -2.72. The number of rotatable bonds is 7. The molecular weight excluding hydrogens is 526 g/mol. The largest absolute Gasteiger partial charge is 0.497 e. The summed E-state index contributed by atoms with van der Waals surface area (Å²) >= 11 is 0. The van der Waals surface area contributed by atoms with Gasteiger partial charge in [0.05, 0.1) is 44.8 Å². The molecule has 2 aliphatic rings. The van der Waals surface area contributed by atoms with E-state index in [1.54, 1.807) is 48.5 Å². The van der Waals surface area contributed by atoms with Gasteiger partial charge in [0.15, 0.2) is 11.2 Å². The molecule has 39 heavy (non-hydrogen) atoms. The summed E-state index contributed by atoms with van der Waals surface area (Å²) in [6, 6.07) is 18.5. The van der Waals surface area contributed by atoms with E-state index in [9.17, 15) is 23.4 Å². The smallest absolute Gasteiger partial charge is 0.312 e. The minimum atomic E-state index is -3.66. The first-order valence-electron chi connectivity index (χ1n) is 12.1. The van der Waals surface area contributed by atoms with Gasteiger partial charge in [0, 0.05) is 18.1 Å². The number of nitrogens with one attached hydrogen (secondary N) is 1. The highest BCUT2D eigenvalue weighted by Gasteiger charge is 2.78. The van der Waals surface area contributed by atoms with Crippen molar-refractivity contribution in [1.29, 1.82) is 0 Å². The number of ether oxygens (including phenoxy) is 4. The van der Waals surface area contributed by atoms with E-state index in [1.165, 1.54) is 33.5 Å².